The SMILES string of the molecule is Cc1ccc(COc2ccc3c(c2)OC(=Cc2ccc(F)cc2)C3=O)cc1. The summed E-state index contributed by atoms with van der Waals surface area (Å²) in [6.07, 6.45) is 1.61. The van der Waals surface area contributed by atoms with Gasteiger partial charge in [0.15, 0.2) is 5.76 Å². The van der Waals surface area contributed by atoms with Crippen LogP contribution in [0.4, 0.5) is 4.39 Å². The van der Waals surface area contributed by atoms with Gasteiger partial charge in [0.1, 0.15) is 23.9 Å². The first kappa shape index (κ1) is 17.0. The maximum atomic E-state index is 13.0. The van der Waals surface area contributed by atoms with E-state index in [2.05, 4.69) is 0 Å². The summed E-state index contributed by atoms with van der Waals surface area (Å²) in [6.45, 7) is 2.47. The van der Waals surface area contributed by atoms with Gasteiger partial charge < -0.3 is 9.47 Å². The average Bonchev–Trinajstić information content (AvgIpc) is 2.98. The number of carbonyl (C=O) groups is 1. The maximum Gasteiger partial charge on any atom is 0.231 e. The highest BCUT2D eigenvalue weighted by molar-refractivity contribution is 6.14. The predicted molar refractivity (Wildman–Crippen MR) is 101 cm³/mol. The van der Waals surface area contributed by atoms with E-state index in [1.807, 2.05) is 31.2 Å². The molecule has 0 saturated heterocycles. The maximum absolute atomic E-state index is 13.0. The zero-order chi connectivity index (χ0) is 18.8. The number of ketones is 1. The van der Waals surface area contributed by atoms with E-state index in [1.54, 1.807) is 36.4 Å². The molecule has 0 bridgehead atoms. The van der Waals surface area contributed by atoms with Crippen LogP contribution >= 0.6 is 0 Å². The molecule has 0 N–H and O–H groups in total. The van der Waals surface area contributed by atoms with Crippen molar-refractivity contribution in [2.24, 2.45) is 0 Å². The van der Waals surface area contributed by atoms with Gasteiger partial charge in [-0.2, -0.15) is 0 Å². The van der Waals surface area contributed by atoms with Crippen molar-refractivity contribution in [1.29, 1.82) is 0 Å². The molecule has 1 aliphatic rings. The van der Waals surface area contributed by atoms with E-state index < -0.39 is 0 Å². The third kappa shape index (κ3) is 3.75. The first-order chi connectivity index (χ1) is 13.1. The Bertz CT molecular complexity index is 1020. The van der Waals surface area contributed by atoms with Crippen LogP contribution in [0.5, 0.6) is 11.5 Å². The first-order valence-corrected chi connectivity index (χ1v) is 8.61. The molecule has 27 heavy (non-hydrogen) atoms. The van der Waals surface area contributed by atoms with Crippen LogP contribution in [0.1, 0.15) is 27.0 Å². The highest BCUT2D eigenvalue weighted by Gasteiger charge is 2.27. The van der Waals surface area contributed by atoms with Gasteiger partial charge in [0.25, 0.3) is 0 Å². The predicted octanol–water partition coefficient (Wildman–Crippen LogP) is 5.33. The van der Waals surface area contributed by atoms with Crippen molar-refractivity contribution in [1.82, 2.24) is 0 Å². The molecule has 0 aromatic heterocycles. The Morgan fingerprint density at radius 1 is 1.00 bits per heavy atom. The fourth-order valence-electron chi connectivity index (χ4n) is 2.82. The Hall–Kier alpha value is -3.40. The van der Waals surface area contributed by atoms with Crippen molar-refractivity contribution in [2.75, 3.05) is 0 Å². The smallest absolute Gasteiger partial charge is 0.231 e. The summed E-state index contributed by atoms with van der Waals surface area (Å²) in [6, 6.07) is 19.2. The molecule has 3 nitrogen and oxygen atoms in total. The van der Waals surface area contributed by atoms with Crippen LogP contribution in [0, 0.1) is 12.7 Å². The number of hydrogen-bond donors (Lipinski definition) is 0. The van der Waals surface area contributed by atoms with Gasteiger partial charge in [-0.3, -0.25) is 4.79 Å². The molecule has 1 heterocycles. The Morgan fingerprint density at radius 3 is 2.48 bits per heavy atom. The van der Waals surface area contributed by atoms with E-state index in [4.69, 9.17) is 9.47 Å². The molecular formula is C23H17FO3. The Morgan fingerprint density at radius 2 is 1.74 bits per heavy atom. The van der Waals surface area contributed by atoms with Gasteiger partial charge in [-0.25, -0.2) is 4.39 Å². The molecule has 3 aromatic carbocycles. The molecule has 1 aliphatic heterocycles. The monoisotopic (exact) mass is 360 g/mol. The lowest BCUT2D eigenvalue weighted by Crippen LogP contribution is -1.98. The van der Waals surface area contributed by atoms with Crippen LogP contribution in [0.2, 0.25) is 0 Å². The molecule has 0 amide bonds. The van der Waals surface area contributed by atoms with Crippen molar-refractivity contribution in [3.05, 3.63) is 101 Å². The number of hydrogen-bond acceptors (Lipinski definition) is 3. The van der Waals surface area contributed by atoms with Crippen molar-refractivity contribution in [3.8, 4) is 11.5 Å². The van der Waals surface area contributed by atoms with Gasteiger partial charge in [0.05, 0.1) is 5.56 Å². The molecule has 3 aromatic rings. The van der Waals surface area contributed by atoms with Crippen molar-refractivity contribution in [2.45, 2.75) is 13.5 Å². The van der Waals surface area contributed by atoms with E-state index in [0.29, 0.717) is 29.2 Å². The number of Topliss-reactive ketones (excluding diaryl/α,β-unsaturated/α-hetero) is 1. The summed E-state index contributed by atoms with van der Waals surface area (Å²) in [5.74, 6) is 0.793. The topological polar surface area (TPSA) is 35.5 Å². The highest BCUT2D eigenvalue weighted by Crippen LogP contribution is 2.35. The third-order valence-corrected chi connectivity index (χ3v) is 4.34. The van der Waals surface area contributed by atoms with E-state index in [0.717, 1.165) is 5.56 Å². The fourth-order valence-corrected chi connectivity index (χ4v) is 2.82. The minimum absolute atomic E-state index is 0.195. The molecule has 0 aliphatic carbocycles. The summed E-state index contributed by atoms with van der Waals surface area (Å²) in [5, 5.41) is 0. The van der Waals surface area contributed by atoms with Gasteiger partial charge in [-0.1, -0.05) is 42.0 Å². The van der Waals surface area contributed by atoms with Crippen LogP contribution in [-0.2, 0) is 6.61 Å². The number of rotatable bonds is 4. The van der Waals surface area contributed by atoms with Gasteiger partial charge in [0.2, 0.25) is 5.78 Å². The normalized spacial score (nSPS) is 14.1. The minimum Gasteiger partial charge on any atom is -0.489 e. The fraction of sp³-hybridized carbons (Fsp3) is 0.0870. The zero-order valence-corrected chi connectivity index (χ0v) is 14.7. The molecule has 4 heteroatoms. The summed E-state index contributed by atoms with van der Waals surface area (Å²) < 4.78 is 24.5. The molecule has 0 saturated carbocycles. The van der Waals surface area contributed by atoms with Crippen LogP contribution in [0.25, 0.3) is 6.08 Å². The lowest BCUT2D eigenvalue weighted by atomic mass is 10.1. The van der Waals surface area contributed by atoms with Gasteiger partial charge in [-0.05, 0) is 48.4 Å². The van der Waals surface area contributed by atoms with Crippen LogP contribution in [0.15, 0.2) is 72.5 Å². The largest absolute Gasteiger partial charge is 0.489 e. The number of carbonyl (C=O) groups excluding carboxylic acids is 1. The molecule has 4 rings (SSSR count). The van der Waals surface area contributed by atoms with Gasteiger partial charge >= 0.3 is 0 Å². The van der Waals surface area contributed by atoms with Crippen molar-refractivity contribution >= 4 is 11.9 Å². The second-order valence-corrected chi connectivity index (χ2v) is 6.42. The Balaban J connectivity index is 1.50. The molecule has 134 valence electrons. The number of ether oxygens (including phenoxy) is 2. The van der Waals surface area contributed by atoms with Gasteiger partial charge in [0, 0.05) is 6.07 Å². The average molecular weight is 360 g/mol. The van der Waals surface area contributed by atoms with E-state index in [1.165, 1.54) is 17.7 Å². The molecule has 0 unspecified atom stereocenters. The van der Waals surface area contributed by atoms with Gasteiger partial charge in [-0.15, -0.1) is 0 Å². The van der Waals surface area contributed by atoms with Crippen molar-refractivity contribution < 1.29 is 18.7 Å². The Kier molecular flexibility index (Phi) is 4.47. The van der Waals surface area contributed by atoms with E-state index in [-0.39, 0.29) is 17.4 Å². The Labute approximate surface area is 156 Å². The molecular weight excluding hydrogens is 343 g/mol. The van der Waals surface area contributed by atoms with E-state index in [9.17, 15) is 9.18 Å². The molecule has 0 spiro atoms. The van der Waals surface area contributed by atoms with E-state index >= 15 is 0 Å². The number of halogens is 1. The number of aryl methyl sites for hydroxylation is 1. The quantitative estimate of drug-likeness (QED) is 0.590. The summed E-state index contributed by atoms with van der Waals surface area (Å²) in [7, 11) is 0. The van der Waals surface area contributed by atoms with Crippen LogP contribution in [0.3, 0.4) is 0 Å². The second-order valence-electron chi connectivity index (χ2n) is 6.42. The zero-order valence-electron chi connectivity index (χ0n) is 14.7. The van der Waals surface area contributed by atoms with Crippen molar-refractivity contribution in [3.63, 3.8) is 0 Å². The number of fused-ring (bicyclic) bond motifs is 1. The third-order valence-electron chi connectivity index (χ3n) is 4.34. The summed E-state index contributed by atoms with van der Waals surface area (Å²) in [4.78, 5) is 12.5. The van der Waals surface area contributed by atoms with Crippen LogP contribution in [-0.4, -0.2) is 5.78 Å². The second kappa shape index (κ2) is 7.08. The number of benzene rings is 3. The van der Waals surface area contributed by atoms with Crippen LogP contribution < -0.4 is 9.47 Å². The highest BCUT2D eigenvalue weighted by atomic mass is 19.1. The lowest BCUT2D eigenvalue weighted by Gasteiger charge is -2.07. The molecule has 0 radical (unpaired) electrons. The molecule has 0 atom stereocenters. The summed E-state index contributed by atoms with van der Waals surface area (Å²) in [5.41, 5.74) is 3.45. The standard InChI is InChI=1S/C23H17FO3/c1-15-2-4-17(5-3-15)14-26-19-10-11-20-21(13-19)27-22(23(20)25)12-16-6-8-18(24)9-7-16/h2-13H,14H2,1H3. The summed E-state index contributed by atoms with van der Waals surface area (Å²) >= 11 is 0. The lowest BCUT2D eigenvalue weighted by molar-refractivity contribution is 0.101. The molecule has 0 fully saturated rings. The number of allylic oxidation sites excluding steroid dienone is 1. The first-order valence-electron chi connectivity index (χ1n) is 8.61. The minimum atomic E-state index is -0.325.